The van der Waals surface area contributed by atoms with E-state index in [9.17, 15) is 0 Å². The first-order chi connectivity index (χ1) is 7.71. The van der Waals surface area contributed by atoms with Crippen LogP contribution in [0.4, 0.5) is 5.69 Å². The predicted molar refractivity (Wildman–Crippen MR) is 66.6 cm³/mol. The molecule has 0 saturated carbocycles. The minimum absolute atomic E-state index is 0.105. The third kappa shape index (κ3) is 3.05. The summed E-state index contributed by atoms with van der Waals surface area (Å²) in [6.45, 7) is 2.01. The largest absolute Gasteiger partial charge is 0.349 e. The van der Waals surface area contributed by atoms with Crippen molar-refractivity contribution in [3.63, 3.8) is 0 Å². The molecular weight excluding hydrogens is 218 g/mol. The minimum atomic E-state index is 0.105. The van der Waals surface area contributed by atoms with Crippen LogP contribution in [-0.4, -0.2) is 6.26 Å². The number of nitrogens with one attached hydrogen (secondary N) is 1. The second-order valence-electron chi connectivity index (χ2n) is 3.12. The van der Waals surface area contributed by atoms with Crippen molar-refractivity contribution in [3.05, 3.63) is 40.4 Å². The van der Waals surface area contributed by atoms with Crippen LogP contribution in [-0.2, 0) is 0 Å². The van der Waals surface area contributed by atoms with E-state index in [2.05, 4.69) is 5.32 Å². The molecule has 0 bridgehead atoms. The number of nitrogens with zero attached hydrogens (tertiary/aromatic N) is 2. The van der Waals surface area contributed by atoms with Crippen molar-refractivity contribution in [2.45, 2.75) is 6.92 Å². The highest BCUT2D eigenvalue weighted by molar-refractivity contribution is 8.02. The zero-order chi connectivity index (χ0) is 12.0. The van der Waals surface area contributed by atoms with Crippen molar-refractivity contribution in [3.8, 4) is 12.1 Å². The summed E-state index contributed by atoms with van der Waals surface area (Å²) in [4.78, 5) is 0. The van der Waals surface area contributed by atoms with Gasteiger partial charge in [0.1, 0.15) is 17.2 Å². The molecule has 1 rings (SSSR count). The highest BCUT2D eigenvalue weighted by atomic mass is 32.2. The number of allylic oxidation sites excluding steroid dienone is 1. The second-order valence-corrected chi connectivity index (χ2v) is 3.94. The first-order valence-corrected chi connectivity index (χ1v) is 5.86. The van der Waals surface area contributed by atoms with Crippen LogP contribution in [0.3, 0.4) is 0 Å². The molecule has 0 aliphatic carbocycles. The molecule has 0 aliphatic heterocycles. The number of nitriles is 2. The van der Waals surface area contributed by atoms with Gasteiger partial charge in [-0.15, -0.1) is 11.8 Å². The Kier molecular flexibility index (Phi) is 4.44. The summed E-state index contributed by atoms with van der Waals surface area (Å²) in [6.07, 6.45) is 1.82. The van der Waals surface area contributed by atoms with Crippen LogP contribution in [0.15, 0.2) is 34.9 Å². The summed E-state index contributed by atoms with van der Waals surface area (Å²) in [5.41, 5.74) is 2.15. The van der Waals surface area contributed by atoms with E-state index in [1.165, 1.54) is 17.3 Å². The maximum Gasteiger partial charge on any atom is 0.159 e. The van der Waals surface area contributed by atoms with E-state index >= 15 is 0 Å². The number of anilines is 1. The number of aryl methyl sites for hydroxylation is 1. The molecule has 0 amide bonds. The Morgan fingerprint density at radius 3 is 2.19 bits per heavy atom. The van der Waals surface area contributed by atoms with Gasteiger partial charge in [0, 0.05) is 5.69 Å². The molecule has 0 heterocycles. The molecule has 1 aromatic rings. The van der Waals surface area contributed by atoms with Crippen LogP contribution in [0.1, 0.15) is 5.56 Å². The molecule has 0 unspecified atom stereocenters. The van der Waals surface area contributed by atoms with Crippen LogP contribution < -0.4 is 5.32 Å². The molecule has 0 atom stereocenters. The molecule has 3 nitrogen and oxygen atoms in total. The zero-order valence-corrected chi connectivity index (χ0v) is 9.93. The third-order valence-electron chi connectivity index (χ3n) is 1.96. The van der Waals surface area contributed by atoms with E-state index in [1.807, 2.05) is 49.6 Å². The number of rotatable bonds is 3. The Hall–Kier alpha value is -1.91. The zero-order valence-electron chi connectivity index (χ0n) is 9.11. The molecule has 16 heavy (non-hydrogen) atoms. The predicted octanol–water partition coefficient (Wildman–Crippen LogP) is 3.03. The highest BCUT2D eigenvalue weighted by Gasteiger charge is 2.04. The first kappa shape index (κ1) is 12.2. The van der Waals surface area contributed by atoms with Gasteiger partial charge in [-0.3, -0.25) is 0 Å². The Balaban J connectivity index is 2.96. The number of thioether (sulfide) groups is 1. The summed E-state index contributed by atoms with van der Waals surface area (Å²) in [7, 11) is 0. The third-order valence-corrected chi connectivity index (χ3v) is 2.68. The number of benzene rings is 1. The van der Waals surface area contributed by atoms with Crippen molar-refractivity contribution < 1.29 is 0 Å². The molecule has 0 spiro atoms. The lowest BCUT2D eigenvalue weighted by Gasteiger charge is -2.08. The van der Waals surface area contributed by atoms with E-state index in [4.69, 9.17) is 10.5 Å². The molecule has 80 valence electrons. The minimum Gasteiger partial charge on any atom is -0.349 e. The molecular formula is C12H11N3S. The van der Waals surface area contributed by atoms with E-state index in [-0.39, 0.29) is 5.57 Å². The topological polar surface area (TPSA) is 59.6 Å². The number of hydrogen-bond donors (Lipinski definition) is 1. The van der Waals surface area contributed by atoms with Crippen LogP contribution in [0, 0.1) is 29.6 Å². The van der Waals surface area contributed by atoms with Crippen molar-refractivity contribution in [1.82, 2.24) is 0 Å². The molecule has 0 radical (unpaired) electrons. The van der Waals surface area contributed by atoms with Crippen LogP contribution in [0.5, 0.6) is 0 Å². The van der Waals surface area contributed by atoms with E-state index in [1.54, 1.807) is 0 Å². The van der Waals surface area contributed by atoms with Crippen LogP contribution >= 0.6 is 11.8 Å². The molecule has 1 aromatic carbocycles. The maximum absolute atomic E-state index is 8.77. The van der Waals surface area contributed by atoms with Gasteiger partial charge in [-0.1, -0.05) is 17.7 Å². The van der Waals surface area contributed by atoms with Gasteiger partial charge in [-0.2, -0.15) is 10.5 Å². The Labute approximate surface area is 99.4 Å². The van der Waals surface area contributed by atoms with Crippen molar-refractivity contribution >= 4 is 17.4 Å². The fraction of sp³-hybridized carbons (Fsp3) is 0.167. The lowest BCUT2D eigenvalue weighted by atomic mass is 10.2. The van der Waals surface area contributed by atoms with E-state index in [0.717, 1.165) is 5.69 Å². The first-order valence-electron chi connectivity index (χ1n) is 4.63. The van der Waals surface area contributed by atoms with Gasteiger partial charge in [0.2, 0.25) is 0 Å². The van der Waals surface area contributed by atoms with E-state index < -0.39 is 0 Å². The Morgan fingerprint density at radius 1 is 1.19 bits per heavy atom. The normalized spacial score (nSPS) is 8.75. The smallest absolute Gasteiger partial charge is 0.159 e. The van der Waals surface area contributed by atoms with Crippen LogP contribution in [0.25, 0.3) is 0 Å². The van der Waals surface area contributed by atoms with Gasteiger partial charge >= 0.3 is 0 Å². The summed E-state index contributed by atoms with van der Waals surface area (Å²) in [6, 6.07) is 11.5. The fourth-order valence-electron chi connectivity index (χ4n) is 1.11. The van der Waals surface area contributed by atoms with Gasteiger partial charge in [-0.25, -0.2) is 0 Å². The molecule has 0 aliphatic rings. The lowest BCUT2D eigenvalue weighted by molar-refractivity contribution is 1.42. The van der Waals surface area contributed by atoms with Crippen molar-refractivity contribution in [2.24, 2.45) is 0 Å². The fourth-order valence-corrected chi connectivity index (χ4v) is 1.63. The SMILES string of the molecule is CSC(Nc1ccc(C)cc1)=C(C#N)C#N. The Morgan fingerprint density at radius 2 is 1.75 bits per heavy atom. The van der Waals surface area contributed by atoms with Crippen molar-refractivity contribution in [2.75, 3.05) is 11.6 Å². The monoisotopic (exact) mass is 229 g/mol. The van der Waals surface area contributed by atoms with Gasteiger partial charge in [0.25, 0.3) is 0 Å². The number of hydrogen-bond acceptors (Lipinski definition) is 4. The Bertz CT molecular complexity index is 458. The van der Waals surface area contributed by atoms with Crippen LogP contribution in [0.2, 0.25) is 0 Å². The molecule has 0 saturated heterocycles. The summed E-state index contributed by atoms with van der Waals surface area (Å²) in [5.74, 6) is 0. The average molecular weight is 229 g/mol. The van der Waals surface area contributed by atoms with Crippen molar-refractivity contribution in [1.29, 1.82) is 10.5 Å². The standard InChI is InChI=1S/C12H11N3S/c1-9-3-5-11(6-4-9)15-12(16-2)10(7-13)8-14/h3-6,15H,1-2H3. The quantitative estimate of drug-likeness (QED) is 0.809. The maximum atomic E-state index is 8.77. The van der Waals surface area contributed by atoms with E-state index in [0.29, 0.717) is 5.03 Å². The summed E-state index contributed by atoms with van der Waals surface area (Å²) in [5, 5.41) is 21.2. The highest BCUT2D eigenvalue weighted by Crippen LogP contribution is 2.20. The molecule has 0 fully saturated rings. The van der Waals surface area contributed by atoms with Gasteiger partial charge in [-0.05, 0) is 25.3 Å². The summed E-state index contributed by atoms with van der Waals surface area (Å²) >= 11 is 1.35. The second kappa shape index (κ2) is 5.85. The summed E-state index contributed by atoms with van der Waals surface area (Å²) < 4.78 is 0. The average Bonchev–Trinajstić information content (AvgIpc) is 2.32. The molecule has 1 N–H and O–H groups in total. The lowest BCUT2D eigenvalue weighted by Crippen LogP contribution is -1.98. The van der Waals surface area contributed by atoms with Gasteiger partial charge in [0.15, 0.2) is 5.57 Å². The van der Waals surface area contributed by atoms with Gasteiger partial charge < -0.3 is 5.32 Å². The molecule has 0 aromatic heterocycles. The van der Waals surface area contributed by atoms with Gasteiger partial charge in [0.05, 0.1) is 0 Å². The molecule has 4 heteroatoms.